The van der Waals surface area contributed by atoms with Gasteiger partial charge in [0.25, 0.3) is 0 Å². The summed E-state index contributed by atoms with van der Waals surface area (Å²) in [5, 5.41) is 54.7. The van der Waals surface area contributed by atoms with E-state index >= 15 is 0 Å². The first-order valence-corrected chi connectivity index (χ1v) is 36.9. The van der Waals surface area contributed by atoms with Crippen LogP contribution in [0.1, 0.15) is 367 Å². The molecule has 1 aliphatic heterocycles. The van der Waals surface area contributed by atoms with Gasteiger partial charge in [0.1, 0.15) is 24.4 Å². The van der Waals surface area contributed by atoms with Crippen molar-refractivity contribution in [3.05, 3.63) is 48.6 Å². The first-order chi connectivity index (χ1) is 41.3. The summed E-state index contributed by atoms with van der Waals surface area (Å²) in [5.74, 6) is -0.185. The zero-order valence-corrected chi connectivity index (χ0v) is 55.4. The molecule has 0 spiro atoms. The van der Waals surface area contributed by atoms with Crippen LogP contribution in [-0.4, -0.2) is 87.5 Å². The summed E-state index contributed by atoms with van der Waals surface area (Å²) in [5.41, 5.74) is 0. The van der Waals surface area contributed by atoms with Gasteiger partial charge in [0.2, 0.25) is 5.91 Å². The van der Waals surface area contributed by atoms with Crippen LogP contribution in [0.5, 0.6) is 0 Å². The van der Waals surface area contributed by atoms with Crippen LogP contribution >= 0.6 is 0 Å². The first kappa shape index (κ1) is 80.2. The van der Waals surface area contributed by atoms with Crippen molar-refractivity contribution in [1.29, 1.82) is 0 Å². The maximum Gasteiger partial charge on any atom is 0.220 e. The molecule has 0 aromatic heterocycles. The molecule has 494 valence electrons. The molecule has 0 aliphatic carbocycles. The molecule has 1 aliphatic rings. The monoisotopic (exact) mass is 1180 g/mol. The molecule has 84 heavy (non-hydrogen) atoms. The van der Waals surface area contributed by atoms with E-state index in [1.807, 2.05) is 6.08 Å². The summed E-state index contributed by atoms with van der Waals surface area (Å²) < 4.78 is 11.3. The van der Waals surface area contributed by atoms with E-state index in [4.69, 9.17) is 9.47 Å². The van der Waals surface area contributed by atoms with E-state index < -0.39 is 49.5 Å². The van der Waals surface area contributed by atoms with E-state index in [0.717, 1.165) is 44.9 Å². The molecule has 1 saturated heterocycles. The van der Waals surface area contributed by atoms with Crippen LogP contribution in [0.3, 0.4) is 0 Å². The average Bonchev–Trinajstić information content (AvgIpc) is 3.69. The molecule has 0 aromatic rings. The Labute approximate surface area is 520 Å². The van der Waals surface area contributed by atoms with Crippen molar-refractivity contribution < 1.29 is 39.8 Å². The Bertz CT molecular complexity index is 1470. The minimum atomic E-state index is -1.58. The van der Waals surface area contributed by atoms with Gasteiger partial charge in [-0.1, -0.05) is 339 Å². The summed E-state index contributed by atoms with van der Waals surface area (Å²) in [4.78, 5) is 13.1. The maximum absolute atomic E-state index is 13.1. The van der Waals surface area contributed by atoms with Crippen molar-refractivity contribution in [1.82, 2.24) is 5.32 Å². The molecule has 0 aromatic carbocycles. The molecule has 1 amide bonds. The van der Waals surface area contributed by atoms with Gasteiger partial charge < -0.3 is 40.3 Å². The van der Waals surface area contributed by atoms with Gasteiger partial charge in [0.05, 0.1) is 25.4 Å². The highest BCUT2D eigenvalue weighted by Crippen LogP contribution is 2.23. The lowest BCUT2D eigenvalue weighted by atomic mass is 9.99. The minimum absolute atomic E-state index is 0.185. The average molecular weight is 1180 g/mol. The van der Waals surface area contributed by atoms with E-state index in [1.54, 1.807) is 6.08 Å². The lowest BCUT2D eigenvalue weighted by Gasteiger charge is -2.40. The third-order valence-electron chi connectivity index (χ3n) is 17.6. The van der Waals surface area contributed by atoms with Crippen LogP contribution in [0.2, 0.25) is 0 Å². The zero-order chi connectivity index (χ0) is 60.7. The second-order valence-corrected chi connectivity index (χ2v) is 25.7. The Morgan fingerprint density at radius 3 is 1.00 bits per heavy atom. The Morgan fingerprint density at radius 1 is 0.393 bits per heavy atom. The van der Waals surface area contributed by atoms with E-state index in [9.17, 15) is 30.3 Å². The molecular weight excluding hydrogens is 1040 g/mol. The van der Waals surface area contributed by atoms with Gasteiger partial charge >= 0.3 is 0 Å². The highest BCUT2D eigenvalue weighted by molar-refractivity contribution is 5.76. The first-order valence-electron chi connectivity index (χ1n) is 36.9. The summed E-state index contributed by atoms with van der Waals surface area (Å²) in [6.45, 7) is 3.81. The standard InChI is InChI=1S/C75H141NO8/c1-3-5-7-9-11-13-15-17-19-21-23-25-27-29-30-31-32-33-34-35-36-37-38-39-40-41-43-45-47-49-51-53-55-57-59-61-63-65-71(79)76-68(67-83-75-74(82)73(81)72(80)70(66-77)84-75)69(78)64-62-60-58-56-54-52-50-48-46-44-42-28-26-24-22-20-18-16-14-12-10-8-6-4-2/h33-34,46,48,54,56,62,64,68-70,72-75,77-78,80-82H,3-32,35-45,47,49-53,55,57-61,63,65-67H2,1-2H3,(H,76,79)/b34-33-,48-46+,56-54+,64-62+. The van der Waals surface area contributed by atoms with E-state index in [2.05, 4.69) is 55.6 Å². The number of ether oxygens (including phenoxy) is 2. The number of carbonyl (C=O) groups is 1. The Hall–Kier alpha value is -1.85. The van der Waals surface area contributed by atoms with Crippen LogP contribution in [0.4, 0.5) is 0 Å². The van der Waals surface area contributed by atoms with Crippen molar-refractivity contribution in [3.8, 4) is 0 Å². The second kappa shape index (κ2) is 64.1. The third-order valence-corrected chi connectivity index (χ3v) is 17.6. The number of aliphatic hydroxyl groups excluding tert-OH is 5. The number of hydrogen-bond acceptors (Lipinski definition) is 8. The van der Waals surface area contributed by atoms with Gasteiger partial charge in [-0.2, -0.15) is 0 Å². The fraction of sp³-hybridized carbons (Fsp3) is 0.880. The van der Waals surface area contributed by atoms with Gasteiger partial charge in [-0.25, -0.2) is 0 Å². The van der Waals surface area contributed by atoms with Crippen LogP contribution in [-0.2, 0) is 14.3 Å². The molecule has 7 atom stereocenters. The van der Waals surface area contributed by atoms with Gasteiger partial charge in [-0.05, 0) is 70.6 Å². The predicted octanol–water partition coefficient (Wildman–Crippen LogP) is 20.4. The number of unbranched alkanes of at least 4 members (excludes halogenated alkanes) is 49. The van der Waals surface area contributed by atoms with Crippen molar-refractivity contribution in [2.75, 3.05) is 13.2 Å². The van der Waals surface area contributed by atoms with E-state index in [0.29, 0.717) is 6.42 Å². The molecule has 7 unspecified atom stereocenters. The maximum atomic E-state index is 13.1. The van der Waals surface area contributed by atoms with Crippen molar-refractivity contribution in [2.45, 2.75) is 410 Å². The summed E-state index contributed by atoms with van der Waals surface area (Å²) in [6, 6.07) is -0.830. The number of amides is 1. The van der Waals surface area contributed by atoms with Crippen molar-refractivity contribution in [2.24, 2.45) is 0 Å². The Kier molecular flexibility index (Phi) is 61.2. The fourth-order valence-electron chi connectivity index (χ4n) is 11.8. The van der Waals surface area contributed by atoms with Crippen LogP contribution < -0.4 is 5.32 Å². The smallest absolute Gasteiger partial charge is 0.220 e. The van der Waals surface area contributed by atoms with Crippen molar-refractivity contribution >= 4 is 5.91 Å². The van der Waals surface area contributed by atoms with Crippen LogP contribution in [0.15, 0.2) is 48.6 Å². The number of allylic oxidation sites excluding steroid dienone is 7. The highest BCUT2D eigenvalue weighted by Gasteiger charge is 2.44. The Balaban J connectivity index is 2.10. The SMILES string of the molecule is CCCCCCCCCCCCCCCC/C=C/CC/C=C/CC/C=C/C(O)C(COC1OC(CO)C(O)C(O)C1O)NC(=O)CCCCCCCCCCCCCCCCCCC/C=C\CCCCCCCCCCCCCCCCCC. The van der Waals surface area contributed by atoms with Crippen LogP contribution in [0, 0.1) is 0 Å². The number of nitrogens with one attached hydrogen (secondary N) is 1. The van der Waals surface area contributed by atoms with Crippen LogP contribution in [0.25, 0.3) is 0 Å². The largest absolute Gasteiger partial charge is 0.394 e. The normalized spacial score (nSPS) is 18.4. The predicted molar refractivity (Wildman–Crippen MR) is 359 cm³/mol. The molecule has 9 heteroatoms. The summed E-state index contributed by atoms with van der Waals surface area (Å²) in [6.07, 6.45) is 81.0. The van der Waals surface area contributed by atoms with E-state index in [-0.39, 0.29) is 12.5 Å². The lowest BCUT2D eigenvalue weighted by molar-refractivity contribution is -0.302. The lowest BCUT2D eigenvalue weighted by Crippen LogP contribution is -2.60. The molecule has 1 fully saturated rings. The zero-order valence-electron chi connectivity index (χ0n) is 55.4. The molecule has 0 bridgehead atoms. The highest BCUT2D eigenvalue weighted by atomic mass is 16.7. The Morgan fingerprint density at radius 2 is 0.679 bits per heavy atom. The van der Waals surface area contributed by atoms with Gasteiger partial charge in [0.15, 0.2) is 6.29 Å². The van der Waals surface area contributed by atoms with Crippen molar-refractivity contribution in [3.63, 3.8) is 0 Å². The molecule has 1 rings (SSSR count). The molecule has 0 radical (unpaired) electrons. The number of carbonyl (C=O) groups excluding carboxylic acids is 1. The molecule has 0 saturated carbocycles. The minimum Gasteiger partial charge on any atom is -0.394 e. The number of hydrogen-bond donors (Lipinski definition) is 6. The second-order valence-electron chi connectivity index (χ2n) is 25.7. The summed E-state index contributed by atoms with van der Waals surface area (Å²) >= 11 is 0. The van der Waals surface area contributed by atoms with E-state index in [1.165, 1.54) is 302 Å². The fourth-order valence-corrected chi connectivity index (χ4v) is 11.8. The summed E-state index contributed by atoms with van der Waals surface area (Å²) in [7, 11) is 0. The quantitative estimate of drug-likeness (QED) is 0.0261. The van der Waals surface area contributed by atoms with Gasteiger partial charge in [-0.15, -0.1) is 0 Å². The third kappa shape index (κ3) is 52.1. The molecule has 1 heterocycles. The molecular formula is C75H141NO8. The van der Waals surface area contributed by atoms with Gasteiger partial charge in [0, 0.05) is 6.42 Å². The molecule has 6 N–H and O–H groups in total. The number of aliphatic hydroxyl groups is 5. The molecule has 9 nitrogen and oxygen atoms in total. The van der Waals surface area contributed by atoms with Gasteiger partial charge in [-0.3, -0.25) is 4.79 Å². The number of rotatable bonds is 65. The topological polar surface area (TPSA) is 149 Å².